The van der Waals surface area contributed by atoms with Crippen LogP contribution in [0.1, 0.15) is 25.3 Å². The van der Waals surface area contributed by atoms with Gasteiger partial charge in [0.1, 0.15) is 0 Å². The van der Waals surface area contributed by atoms with E-state index in [4.69, 9.17) is 0 Å². The number of pyridine rings is 1. The van der Waals surface area contributed by atoms with E-state index in [1.165, 1.54) is 36.0 Å². The van der Waals surface area contributed by atoms with Crippen LogP contribution in [0.3, 0.4) is 0 Å². The normalized spacial score (nSPS) is 10.3. The van der Waals surface area contributed by atoms with Crippen molar-refractivity contribution in [2.24, 2.45) is 0 Å². The molecule has 0 aliphatic carbocycles. The number of aromatic nitrogens is 1. The van der Waals surface area contributed by atoms with Crippen molar-refractivity contribution in [2.45, 2.75) is 26.2 Å². The number of hydrogen-bond acceptors (Lipinski definition) is 1. The van der Waals surface area contributed by atoms with E-state index in [9.17, 15) is 0 Å². The Hall–Kier alpha value is -1.63. The molecule has 0 saturated heterocycles. The molecule has 0 bridgehead atoms. The van der Waals surface area contributed by atoms with Crippen LogP contribution in [0.25, 0.3) is 11.1 Å². The minimum atomic E-state index is 1.18. The van der Waals surface area contributed by atoms with E-state index in [-0.39, 0.29) is 0 Å². The molecule has 82 valence electrons. The lowest BCUT2D eigenvalue weighted by molar-refractivity contribution is 0.795. The summed E-state index contributed by atoms with van der Waals surface area (Å²) in [6.45, 7) is 2.23. The largest absolute Gasteiger partial charge is 0.265 e. The van der Waals surface area contributed by atoms with Gasteiger partial charge in [-0.15, -0.1) is 0 Å². The van der Waals surface area contributed by atoms with Gasteiger partial charge in [-0.2, -0.15) is 0 Å². The monoisotopic (exact) mass is 211 g/mol. The molecular formula is C15H17N. The van der Waals surface area contributed by atoms with Gasteiger partial charge in [-0.25, -0.2) is 0 Å². The van der Waals surface area contributed by atoms with Crippen molar-refractivity contribution in [1.29, 1.82) is 0 Å². The van der Waals surface area contributed by atoms with Crippen LogP contribution in [0.15, 0.2) is 48.8 Å². The van der Waals surface area contributed by atoms with Crippen molar-refractivity contribution in [1.82, 2.24) is 4.98 Å². The van der Waals surface area contributed by atoms with Gasteiger partial charge in [0.2, 0.25) is 0 Å². The molecule has 2 aromatic rings. The summed E-state index contributed by atoms with van der Waals surface area (Å²) in [5.41, 5.74) is 3.96. The van der Waals surface area contributed by atoms with Crippen molar-refractivity contribution in [3.05, 3.63) is 54.4 Å². The summed E-state index contributed by atoms with van der Waals surface area (Å²) in [6.07, 6.45) is 7.37. The second-order valence-electron chi connectivity index (χ2n) is 4.04. The Morgan fingerprint density at radius 1 is 1.00 bits per heavy atom. The molecule has 0 unspecified atom stereocenters. The van der Waals surface area contributed by atoms with E-state index in [1.807, 2.05) is 12.4 Å². The van der Waals surface area contributed by atoms with Gasteiger partial charge in [-0.05, 0) is 41.7 Å². The van der Waals surface area contributed by atoms with Gasteiger partial charge in [0.05, 0.1) is 0 Å². The maximum absolute atomic E-state index is 4.04. The third-order valence-corrected chi connectivity index (χ3v) is 2.76. The number of unbranched alkanes of at least 4 members (excludes halogenated alkanes) is 1. The second-order valence-corrected chi connectivity index (χ2v) is 4.04. The first kappa shape index (κ1) is 10.9. The minimum absolute atomic E-state index is 1.18. The Bertz CT molecular complexity index is 434. The van der Waals surface area contributed by atoms with E-state index >= 15 is 0 Å². The molecule has 0 atom stereocenters. The summed E-state index contributed by atoms with van der Waals surface area (Å²) in [7, 11) is 0. The molecule has 1 heterocycles. The smallest absolute Gasteiger partial charge is 0.0273 e. The second kappa shape index (κ2) is 5.45. The molecule has 0 aliphatic heterocycles. The molecule has 0 amide bonds. The fourth-order valence-corrected chi connectivity index (χ4v) is 1.83. The SMILES string of the molecule is CCCCc1cccc(-c2ccncc2)c1. The zero-order chi connectivity index (χ0) is 11.2. The van der Waals surface area contributed by atoms with Gasteiger partial charge >= 0.3 is 0 Å². The van der Waals surface area contributed by atoms with E-state index in [1.54, 1.807) is 0 Å². The minimum Gasteiger partial charge on any atom is -0.265 e. The Morgan fingerprint density at radius 2 is 1.81 bits per heavy atom. The Balaban J connectivity index is 2.22. The molecule has 0 saturated carbocycles. The summed E-state index contributed by atoms with van der Waals surface area (Å²) in [5.74, 6) is 0. The molecule has 0 spiro atoms. The standard InChI is InChI=1S/C15H17N/c1-2-3-5-13-6-4-7-15(12-13)14-8-10-16-11-9-14/h4,6-12H,2-3,5H2,1H3. The molecule has 0 N–H and O–H groups in total. The number of aryl methyl sites for hydroxylation is 1. The molecule has 1 nitrogen and oxygen atoms in total. The topological polar surface area (TPSA) is 12.9 Å². The van der Waals surface area contributed by atoms with Crippen LogP contribution in [0.2, 0.25) is 0 Å². The Kier molecular flexibility index (Phi) is 3.71. The molecule has 0 radical (unpaired) electrons. The van der Waals surface area contributed by atoms with Gasteiger partial charge in [-0.3, -0.25) is 4.98 Å². The highest BCUT2D eigenvalue weighted by atomic mass is 14.6. The molecular weight excluding hydrogens is 194 g/mol. The summed E-state index contributed by atoms with van der Waals surface area (Å²) < 4.78 is 0. The van der Waals surface area contributed by atoms with Crippen molar-refractivity contribution >= 4 is 0 Å². The van der Waals surface area contributed by atoms with Crippen LogP contribution in [0, 0.1) is 0 Å². The van der Waals surface area contributed by atoms with Gasteiger partial charge < -0.3 is 0 Å². The fraction of sp³-hybridized carbons (Fsp3) is 0.267. The highest BCUT2D eigenvalue weighted by molar-refractivity contribution is 5.63. The van der Waals surface area contributed by atoms with Gasteiger partial charge in [0, 0.05) is 12.4 Å². The average molecular weight is 211 g/mol. The summed E-state index contributed by atoms with van der Waals surface area (Å²) in [6, 6.07) is 12.9. The average Bonchev–Trinajstić information content (AvgIpc) is 2.38. The first-order valence-corrected chi connectivity index (χ1v) is 5.89. The third-order valence-electron chi connectivity index (χ3n) is 2.76. The summed E-state index contributed by atoms with van der Waals surface area (Å²) in [4.78, 5) is 4.04. The van der Waals surface area contributed by atoms with Crippen LogP contribution in [0.5, 0.6) is 0 Å². The quantitative estimate of drug-likeness (QED) is 0.742. The zero-order valence-electron chi connectivity index (χ0n) is 9.69. The van der Waals surface area contributed by atoms with Crippen LogP contribution in [0.4, 0.5) is 0 Å². The Labute approximate surface area is 97.2 Å². The van der Waals surface area contributed by atoms with Crippen LogP contribution >= 0.6 is 0 Å². The third kappa shape index (κ3) is 2.69. The molecule has 1 aromatic carbocycles. The van der Waals surface area contributed by atoms with Crippen LogP contribution in [-0.2, 0) is 6.42 Å². The molecule has 0 aliphatic rings. The molecule has 1 aromatic heterocycles. The highest BCUT2D eigenvalue weighted by Crippen LogP contribution is 2.20. The number of hydrogen-bond donors (Lipinski definition) is 0. The summed E-state index contributed by atoms with van der Waals surface area (Å²) in [5, 5.41) is 0. The van der Waals surface area contributed by atoms with Gasteiger partial charge in [0.15, 0.2) is 0 Å². The molecule has 16 heavy (non-hydrogen) atoms. The first-order chi connectivity index (χ1) is 7.90. The highest BCUT2D eigenvalue weighted by Gasteiger charge is 1.98. The maximum Gasteiger partial charge on any atom is 0.0273 e. The fourth-order valence-electron chi connectivity index (χ4n) is 1.83. The number of nitrogens with zero attached hydrogens (tertiary/aromatic N) is 1. The lowest BCUT2D eigenvalue weighted by atomic mass is 10.0. The summed E-state index contributed by atoms with van der Waals surface area (Å²) >= 11 is 0. The van der Waals surface area contributed by atoms with E-state index in [0.717, 1.165) is 0 Å². The lowest BCUT2D eigenvalue weighted by Crippen LogP contribution is -1.86. The van der Waals surface area contributed by atoms with Crippen molar-refractivity contribution in [2.75, 3.05) is 0 Å². The first-order valence-electron chi connectivity index (χ1n) is 5.89. The predicted octanol–water partition coefficient (Wildman–Crippen LogP) is 4.09. The Morgan fingerprint density at radius 3 is 2.56 bits per heavy atom. The molecule has 0 fully saturated rings. The zero-order valence-corrected chi connectivity index (χ0v) is 9.69. The number of benzene rings is 1. The molecule has 2 rings (SSSR count). The van der Waals surface area contributed by atoms with Crippen LogP contribution in [-0.4, -0.2) is 4.98 Å². The maximum atomic E-state index is 4.04. The van der Waals surface area contributed by atoms with Crippen molar-refractivity contribution < 1.29 is 0 Å². The van der Waals surface area contributed by atoms with E-state index < -0.39 is 0 Å². The van der Waals surface area contributed by atoms with Crippen LogP contribution < -0.4 is 0 Å². The lowest BCUT2D eigenvalue weighted by Gasteiger charge is -2.04. The number of rotatable bonds is 4. The van der Waals surface area contributed by atoms with Gasteiger partial charge in [-0.1, -0.05) is 37.6 Å². The molecule has 1 heteroatoms. The van der Waals surface area contributed by atoms with E-state index in [0.29, 0.717) is 0 Å². The van der Waals surface area contributed by atoms with Gasteiger partial charge in [0.25, 0.3) is 0 Å². The predicted molar refractivity (Wildman–Crippen MR) is 68.3 cm³/mol. The van der Waals surface area contributed by atoms with Crippen molar-refractivity contribution in [3.8, 4) is 11.1 Å². The van der Waals surface area contributed by atoms with E-state index in [2.05, 4.69) is 48.3 Å². The van der Waals surface area contributed by atoms with Crippen molar-refractivity contribution in [3.63, 3.8) is 0 Å².